The highest BCUT2D eigenvalue weighted by atomic mass is 79.9. The quantitative estimate of drug-likeness (QED) is 0.778. The van der Waals surface area contributed by atoms with E-state index in [2.05, 4.69) is 29.8 Å². The highest BCUT2D eigenvalue weighted by Crippen LogP contribution is 2.30. The molecule has 1 heterocycles. The van der Waals surface area contributed by atoms with E-state index >= 15 is 0 Å². The zero-order valence-corrected chi connectivity index (χ0v) is 11.6. The molecule has 0 atom stereocenters. The predicted molar refractivity (Wildman–Crippen MR) is 68.4 cm³/mol. The number of carbonyl (C=O) groups excluding carboxylic acids is 1. The second kappa shape index (κ2) is 4.41. The molecule has 2 rings (SSSR count). The summed E-state index contributed by atoms with van der Waals surface area (Å²) in [7, 11) is 0. The monoisotopic (exact) mass is 299 g/mol. The van der Waals surface area contributed by atoms with Crippen molar-refractivity contribution < 1.29 is 9.18 Å². The topological polar surface area (TPSA) is 20.3 Å². The van der Waals surface area contributed by atoms with Gasteiger partial charge in [0.1, 0.15) is 5.82 Å². The highest BCUT2D eigenvalue weighted by Gasteiger charge is 2.33. The van der Waals surface area contributed by atoms with Crippen molar-refractivity contribution in [1.82, 2.24) is 4.90 Å². The second-order valence-corrected chi connectivity index (χ2v) is 6.18. The summed E-state index contributed by atoms with van der Waals surface area (Å²) in [6, 6.07) is 4.55. The Hall–Kier alpha value is -0.900. The van der Waals surface area contributed by atoms with Crippen LogP contribution in [0.15, 0.2) is 22.7 Å². The van der Waals surface area contributed by atoms with Crippen molar-refractivity contribution >= 4 is 21.8 Å². The first-order valence-electron chi connectivity index (χ1n) is 5.63. The molecule has 1 aromatic rings. The van der Waals surface area contributed by atoms with Crippen LogP contribution in [0.3, 0.4) is 0 Å². The minimum atomic E-state index is -0.464. The molecule has 92 valence electrons. The van der Waals surface area contributed by atoms with Crippen LogP contribution in [-0.4, -0.2) is 23.9 Å². The fraction of sp³-hybridized carbons (Fsp3) is 0.462. The van der Waals surface area contributed by atoms with E-state index in [9.17, 15) is 9.18 Å². The number of halogens is 2. The van der Waals surface area contributed by atoms with Crippen LogP contribution in [0.5, 0.6) is 0 Å². The third kappa shape index (κ3) is 2.68. The lowest BCUT2D eigenvalue weighted by atomic mass is 9.93. The molecule has 1 aromatic carbocycles. The molecule has 1 saturated heterocycles. The van der Waals surface area contributed by atoms with Gasteiger partial charge in [-0.1, -0.05) is 29.8 Å². The Bertz CT molecular complexity index is 459. The Morgan fingerprint density at radius 1 is 1.47 bits per heavy atom. The molecule has 1 amide bonds. The maximum atomic E-state index is 13.7. The molecule has 1 aliphatic heterocycles. The summed E-state index contributed by atoms with van der Waals surface area (Å²) < 4.78 is 14.3. The van der Waals surface area contributed by atoms with Crippen LogP contribution < -0.4 is 0 Å². The molecular weight excluding hydrogens is 285 g/mol. The molecule has 0 unspecified atom stereocenters. The van der Waals surface area contributed by atoms with E-state index in [-0.39, 0.29) is 16.9 Å². The summed E-state index contributed by atoms with van der Waals surface area (Å²) in [5.74, 6) is -0.672. The molecule has 0 aromatic heterocycles. The van der Waals surface area contributed by atoms with Gasteiger partial charge in [0.2, 0.25) is 0 Å². The largest absolute Gasteiger partial charge is 0.338 e. The normalized spacial score (nSPS) is 18.5. The Kier molecular flexibility index (Phi) is 3.25. The van der Waals surface area contributed by atoms with Gasteiger partial charge in [-0.3, -0.25) is 4.79 Å². The minimum Gasteiger partial charge on any atom is -0.338 e. The van der Waals surface area contributed by atoms with Crippen molar-refractivity contribution in [1.29, 1.82) is 0 Å². The standard InChI is InChI=1S/C13H15BrFNO/c1-13(2)5-6-16(8-13)12(17)10-4-3-9(14)7-11(10)15/h3-4,7H,5-6,8H2,1-2H3. The highest BCUT2D eigenvalue weighted by molar-refractivity contribution is 9.10. The van der Waals surface area contributed by atoms with Crippen molar-refractivity contribution in [3.05, 3.63) is 34.1 Å². The van der Waals surface area contributed by atoms with Gasteiger partial charge in [-0.15, -0.1) is 0 Å². The van der Waals surface area contributed by atoms with Gasteiger partial charge in [0.25, 0.3) is 5.91 Å². The van der Waals surface area contributed by atoms with Crippen LogP contribution >= 0.6 is 15.9 Å². The molecule has 4 heteroatoms. The lowest BCUT2D eigenvalue weighted by molar-refractivity contribution is 0.0773. The summed E-state index contributed by atoms with van der Waals surface area (Å²) in [5, 5.41) is 0. The van der Waals surface area contributed by atoms with E-state index in [1.54, 1.807) is 11.0 Å². The average Bonchev–Trinajstić information content (AvgIpc) is 2.58. The maximum absolute atomic E-state index is 13.7. The molecule has 0 saturated carbocycles. The first-order valence-corrected chi connectivity index (χ1v) is 6.43. The number of benzene rings is 1. The molecule has 2 nitrogen and oxygen atoms in total. The Labute approximate surface area is 109 Å². The van der Waals surface area contributed by atoms with Crippen LogP contribution in [0.2, 0.25) is 0 Å². The number of amides is 1. The zero-order valence-electron chi connectivity index (χ0n) is 9.96. The van der Waals surface area contributed by atoms with Crippen molar-refractivity contribution in [3.63, 3.8) is 0 Å². The smallest absolute Gasteiger partial charge is 0.256 e. The summed E-state index contributed by atoms with van der Waals surface area (Å²) >= 11 is 3.18. The number of hydrogen-bond donors (Lipinski definition) is 0. The molecule has 0 bridgehead atoms. The van der Waals surface area contributed by atoms with Crippen molar-refractivity contribution in [2.75, 3.05) is 13.1 Å². The van der Waals surface area contributed by atoms with Crippen molar-refractivity contribution in [2.45, 2.75) is 20.3 Å². The SMILES string of the molecule is CC1(C)CCN(C(=O)c2ccc(Br)cc2F)C1. The lowest BCUT2D eigenvalue weighted by Crippen LogP contribution is -2.30. The van der Waals surface area contributed by atoms with Gasteiger partial charge >= 0.3 is 0 Å². The predicted octanol–water partition coefficient (Wildman–Crippen LogP) is 3.46. The van der Waals surface area contributed by atoms with E-state index < -0.39 is 5.82 Å². The van der Waals surface area contributed by atoms with E-state index in [0.29, 0.717) is 17.6 Å². The molecule has 0 N–H and O–H groups in total. The molecule has 0 spiro atoms. The van der Waals surface area contributed by atoms with Gasteiger partial charge in [0, 0.05) is 17.6 Å². The average molecular weight is 300 g/mol. The summed E-state index contributed by atoms with van der Waals surface area (Å²) in [5.41, 5.74) is 0.299. The number of rotatable bonds is 1. The van der Waals surface area contributed by atoms with Crippen LogP contribution in [0.1, 0.15) is 30.6 Å². The van der Waals surface area contributed by atoms with Gasteiger partial charge in [-0.05, 0) is 30.0 Å². The molecule has 17 heavy (non-hydrogen) atoms. The van der Waals surface area contributed by atoms with E-state index in [4.69, 9.17) is 0 Å². The third-order valence-corrected chi connectivity index (χ3v) is 3.62. The Morgan fingerprint density at radius 3 is 2.71 bits per heavy atom. The summed E-state index contributed by atoms with van der Waals surface area (Å²) in [6.07, 6.45) is 0.969. The molecule has 0 radical (unpaired) electrons. The third-order valence-electron chi connectivity index (χ3n) is 3.13. The first-order chi connectivity index (χ1) is 7.89. The molecule has 1 fully saturated rings. The van der Waals surface area contributed by atoms with Gasteiger partial charge < -0.3 is 4.90 Å². The van der Waals surface area contributed by atoms with E-state index in [0.717, 1.165) is 6.42 Å². The van der Waals surface area contributed by atoms with E-state index in [1.807, 2.05) is 0 Å². The minimum absolute atomic E-state index is 0.140. The second-order valence-electron chi connectivity index (χ2n) is 5.27. The van der Waals surface area contributed by atoms with Crippen molar-refractivity contribution in [3.8, 4) is 0 Å². The first kappa shape index (κ1) is 12.6. The molecule has 0 aliphatic carbocycles. The number of hydrogen-bond acceptors (Lipinski definition) is 1. The van der Waals surface area contributed by atoms with Gasteiger partial charge in [-0.2, -0.15) is 0 Å². The Balaban J connectivity index is 2.21. The van der Waals surface area contributed by atoms with Crippen LogP contribution in [0.25, 0.3) is 0 Å². The Morgan fingerprint density at radius 2 is 2.18 bits per heavy atom. The summed E-state index contributed by atoms with van der Waals surface area (Å²) in [4.78, 5) is 13.9. The van der Waals surface area contributed by atoms with Gasteiger partial charge in [-0.25, -0.2) is 4.39 Å². The zero-order chi connectivity index (χ0) is 12.6. The number of nitrogens with zero attached hydrogens (tertiary/aromatic N) is 1. The number of likely N-dealkylation sites (tertiary alicyclic amines) is 1. The molecular formula is C13H15BrFNO. The van der Waals surface area contributed by atoms with Gasteiger partial charge in [0.05, 0.1) is 5.56 Å². The van der Waals surface area contributed by atoms with Crippen LogP contribution in [0, 0.1) is 11.2 Å². The molecule has 1 aliphatic rings. The van der Waals surface area contributed by atoms with Crippen LogP contribution in [-0.2, 0) is 0 Å². The van der Waals surface area contributed by atoms with Gasteiger partial charge in [0.15, 0.2) is 0 Å². The fourth-order valence-electron chi connectivity index (χ4n) is 2.12. The maximum Gasteiger partial charge on any atom is 0.256 e. The summed E-state index contributed by atoms with van der Waals surface area (Å²) in [6.45, 7) is 5.65. The lowest BCUT2D eigenvalue weighted by Gasteiger charge is -2.20. The van der Waals surface area contributed by atoms with E-state index in [1.165, 1.54) is 12.1 Å². The fourth-order valence-corrected chi connectivity index (χ4v) is 2.45. The number of carbonyl (C=O) groups is 1. The van der Waals surface area contributed by atoms with Crippen molar-refractivity contribution in [2.24, 2.45) is 5.41 Å². The van der Waals surface area contributed by atoms with Crippen LogP contribution in [0.4, 0.5) is 4.39 Å².